The van der Waals surface area contributed by atoms with E-state index in [9.17, 15) is 24.3 Å². The number of aromatic nitrogens is 1. The monoisotopic (exact) mass is 705 g/mol. The molecule has 3 heterocycles. The second-order valence-corrected chi connectivity index (χ2v) is 14.4. The average Bonchev–Trinajstić information content (AvgIpc) is 3.79. The summed E-state index contributed by atoms with van der Waals surface area (Å²) in [7, 11) is 1.47. The number of ether oxygens (including phenoxy) is 1. The summed E-state index contributed by atoms with van der Waals surface area (Å²) in [5, 5.41) is 10.2. The predicted molar refractivity (Wildman–Crippen MR) is 197 cm³/mol. The zero-order valence-electron chi connectivity index (χ0n) is 29.0. The minimum atomic E-state index is -1.15. The molecule has 1 aromatic heterocycles. The highest BCUT2D eigenvalue weighted by Crippen LogP contribution is 2.61. The first-order chi connectivity index (χ1) is 25.7. The number of amides is 4. The van der Waals surface area contributed by atoms with Gasteiger partial charge in [-0.2, -0.15) is 0 Å². The van der Waals surface area contributed by atoms with Crippen LogP contribution in [0.4, 0.5) is 11.4 Å². The fourth-order valence-electron chi connectivity index (χ4n) is 9.05. The van der Waals surface area contributed by atoms with Crippen LogP contribution in [0.25, 0.3) is 28.6 Å². The number of rotatable bonds is 6. The van der Waals surface area contributed by atoms with Gasteiger partial charge in [0.15, 0.2) is 17.1 Å². The van der Waals surface area contributed by atoms with Gasteiger partial charge in [0.1, 0.15) is 5.52 Å². The van der Waals surface area contributed by atoms with Crippen LogP contribution in [0.5, 0.6) is 11.5 Å². The number of phenols is 1. The van der Waals surface area contributed by atoms with E-state index >= 15 is 0 Å². The molecule has 9 rings (SSSR count). The van der Waals surface area contributed by atoms with Crippen molar-refractivity contribution in [2.75, 3.05) is 16.9 Å². The van der Waals surface area contributed by atoms with Crippen molar-refractivity contribution >= 4 is 52.2 Å². The van der Waals surface area contributed by atoms with Gasteiger partial charge >= 0.3 is 0 Å². The highest BCUT2D eigenvalue weighted by Gasteiger charge is 2.67. The third kappa shape index (κ3) is 4.88. The lowest BCUT2D eigenvalue weighted by Gasteiger charge is -2.47. The van der Waals surface area contributed by atoms with Crippen molar-refractivity contribution in [1.29, 1.82) is 0 Å². The van der Waals surface area contributed by atoms with Gasteiger partial charge in [-0.3, -0.25) is 24.1 Å². The van der Waals surface area contributed by atoms with Gasteiger partial charge in [0.05, 0.1) is 41.7 Å². The normalized spacial score (nSPS) is 26.6. The number of phenolic OH excluding ortho intramolecular Hbond substituents is 1. The number of para-hydroxylation sites is 3. The lowest BCUT2D eigenvalue weighted by molar-refractivity contribution is -0.132. The van der Waals surface area contributed by atoms with E-state index in [1.165, 1.54) is 23.0 Å². The molecule has 2 aliphatic carbocycles. The SMILES string of the molecule is COc1cc(C=C[C@H]2C3=CC[C@@H]4C(=O)N(c5ccc(-c6nc7ccccc7o6)cc5)C(=O)[C@@H]4[C@@H]3C[C@H]3C(=O)N(c4ccccc4)C(=O)[C@@]23C)ccc1O. The van der Waals surface area contributed by atoms with Crippen LogP contribution >= 0.6 is 0 Å². The van der Waals surface area contributed by atoms with Gasteiger partial charge < -0.3 is 14.3 Å². The Morgan fingerprint density at radius 2 is 1.58 bits per heavy atom. The van der Waals surface area contributed by atoms with E-state index in [1.807, 2.05) is 55.5 Å². The van der Waals surface area contributed by atoms with Crippen molar-refractivity contribution in [1.82, 2.24) is 4.98 Å². The summed E-state index contributed by atoms with van der Waals surface area (Å²) in [5.74, 6) is -3.46. The Hall–Kier alpha value is -6.29. The van der Waals surface area contributed by atoms with Crippen LogP contribution in [0.1, 0.15) is 25.3 Å². The third-order valence-electron chi connectivity index (χ3n) is 11.7. The number of carbonyl (C=O) groups is 4. The Morgan fingerprint density at radius 3 is 2.34 bits per heavy atom. The van der Waals surface area contributed by atoms with E-state index in [4.69, 9.17) is 9.15 Å². The van der Waals surface area contributed by atoms with Crippen molar-refractivity contribution in [3.05, 3.63) is 120 Å². The van der Waals surface area contributed by atoms with E-state index in [-0.39, 0.29) is 35.8 Å². The molecule has 2 saturated heterocycles. The number of anilines is 2. The minimum Gasteiger partial charge on any atom is -0.504 e. The Morgan fingerprint density at radius 1 is 0.849 bits per heavy atom. The first kappa shape index (κ1) is 32.6. The Labute approximate surface area is 305 Å². The molecule has 2 aliphatic heterocycles. The average molecular weight is 706 g/mol. The van der Waals surface area contributed by atoms with Crippen molar-refractivity contribution in [3.8, 4) is 23.0 Å². The summed E-state index contributed by atoms with van der Waals surface area (Å²) in [6.07, 6.45) is 6.41. The fourth-order valence-corrected chi connectivity index (χ4v) is 9.05. The second-order valence-electron chi connectivity index (χ2n) is 14.4. The van der Waals surface area contributed by atoms with E-state index in [0.717, 1.165) is 16.7 Å². The van der Waals surface area contributed by atoms with Gasteiger partial charge in [0.25, 0.3) is 0 Å². The predicted octanol–water partition coefficient (Wildman–Crippen LogP) is 7.19. The van der Waals surface area contributed by atoms with Crippen molar-refractivity contribution < 1.29 is 33.4 Å². The number of imide groups is 2. The Bertz CT molecular complexity index is 2360. The molecule has 4 aliphatic rings. The number of carbonyl (C=O) groups excluding carboxylic acids is 4. The Kier molecular flexibility index (Phi) is 7.48. The molecule has 6 atom stereocenters. The molecule has 10 nitrogen and oxygen atoms in total. The van der Waals surface area contributed by atoms with Gasteiger partial charge in [0.2, 0.25) is 29.5 Å². The van der Waals surface area contributed by atoms with Crippen LogP contribution < -0.4 is 14.5 Å². The molecule has 0 bridgehead atoms. The molecule has 0 unspecified atom stereocenters. The second kappa shape index (κ2) is 12.2. The minimum absolute atomic E-state index is 0.000286. The zero-order valence-corrected chi connectivity index (χ0v) is 29.0. The van der Waals surface area contributed by atoms with Gasteiger partial charge in [-0.25, -0.2) is 9.88 Å². The summed E-state index contributed by atoms with van der Waals surface area (Å²) in [6, 6.07) is 28.4. The van der Waals surface area contributed by atoms with E-state index < -0.39 is 35.0 Å². The maximum Gasteiger partial charge on any atom is 0.241 e. The van der Waals surface area contributed by atoms with Crippen LogP contribution in [-0.4, -0.2) is 40.8 Å². The largest absolute Gasteiger partial charge is 0.504 e. The summed E-state index contributed by atoms with van der Waals surface area (Å²) in [4.78, 5) is 64.6. The molecule has 0 radical (unpaired) electrons. The number of hydrogen-bond donors (Lipinski definition) is 1. The molecule has 1 saturated carbocycles. The molecule has 0 spiro atoms. The number of methoxy groups -OCH3 is 1. The first-order valence-electron chi connectivity index (χ1n) is 17.7. The number of hydrogen-bond acceptors (Lipinski definition) is 8. The highest BCUT2D eigenvalue weighted by atomic mass is 16.5. The molecule has 10 heteroatoms. The molecule has 1 N–H and O–H groups in total. The lowest BCUT2D eigenvalue weighted by atomic mass is 9.52. The summed E-state index contributed by atoms with van der Waals surface area (Å²) >= 11 is 0. The third-order valence-corrected chi connectivity index (χ3v) is 11.7. The number of oxazole rings is 1. The molecule has 4 amide bonds. The van der Waals surface area contributed by atoms with Crippen molar-refractivity contribution in [2.24, 2.45) is 35.0 Å². The summed E-state index contributed by atoms with van der Waals surface area (Å²) in [5.41, 5.74) is 3.53. The smallest absolute Gasteiger partial charge is 0.241 e. The fraction of sp³-hybridized carbons (Fsp3) is 0.233. The van der Waals surface area contributed by atoms with E-state index in [1.54, 1.807) is 60.7 Å². The highest BCUT2D eigenvalue weighted by molar-refractivity contribution is 6.25. The van der Waals surface area contributed by atoms with Crippen LogP contribution in [-0.2, 0) is 19.2 Å². The molecular formula is C43H35N3O7. The first-order valence-corrected chi connectivity index (χ1v) is 17.7. The van der Waals surface area contributed by atoms with Crippen molar-refractivity contribution in [3.63, 3.8) is 0 Å². The van der Waals surface area contributed by atoms with E-state index in [0.29, 0.717) is 40.6 Å². The number of nitrogens with zero attached hydrogens (tertiary/aromatic N) is 3. The van der Waals surface area contributed by atoms with Gasteiger partial charge in [-0.1, -0.05) is 60.2 Å². The number of fused-ring (bicyclic) bond motifs is 5. The molecule has 264 valence electrons. The molecule has 53 heavy (non-hydrogen) atoms. The molecule has 3 fully saturated rings. The molecule has 5 aromatic rings. The molecule has 4 aromatic carbocycles. The number of allylic oxidation sites excluding steroid dienone is 3. The summed E-state index contributed by atoms with van der Waals surface area (Å²) < 4.78 is 11.2. The van der Waals surface area contributed by atoms with Crippen LogP contribution in [0.3, 0.4) is 0 Å². The van der Waals surface area contributed by atoms with Gasteiger partial charge in [0, 0.05) is 11.5 Å². The van der Waals surface area contributed by atoms with Crippen LogP contribution in [0, 0.1) is 35.0 Å². The quantitative estimate of drug-likeness (QED) is 0.145. The van der Waals surface area contributed by atoms with Gasteiger partial charge in [-0.15, -0.1) is 0 Å². The van der Waals surface area contributed by atoms with Crippen LogP contribution in [0.15, 0.2) is 119 Å². The topological polar surface area (TPSA) is 130 Å². The number of benzene rings is 4. The zero-order chi connectivity index (χ0) is 36.6. The number of aromatic hydroxyl groups is 1. The van der Waals surface area contributed by atoms with E-state index in [2.05, 4.69) is 4.98 Å². The van der Waals surface area contributed by atoms with Gasteiger partial charge in [-0.05, 0) is 91.9 Å². The standard InChI is InChI=1S/C43H35N3O7/c1-43-31(20-12-24-13-21-34(47)36(22-24)52-2)28-18-19-29-37(30(28)23-32(43)40(49)46(42(43)51)26-8-4-3-5-9-26)41(50)45(39(29)48)27-16-14-25(15-17-27)38-44-33-10-6-7-11-35(33)53-38/h3-18,20-22,29-32,37,47H,19,23H2,1-2H3/t29-,30+,31-,32-,37-,43-/m0/s1. The molecular weight excluding hydrogens is 670 g/mol. The van der Waals surface area contributed by atoms with Crippen molar-refractivity contribution in [2.45, 2.75) is 19.8 Å². The summed E-state index contributed by atoms with van der Waals surface area (Å²) in [6.45, 7) is 1.85. The van der Waals surface area contributed by atoms with Crippen LogP contribution in [0.2, 0.25) is 0 Å². The lowest BCUT2D eigenvalue weighted by Crippen LogP contribution is -2.49. The Balaban J connectivity index is 1.08. The maximum absolute atomic E-state index is 14.5. The maximum atomic E-state index is 14.5.